The van der Waals surface area contributed by atoms with E-state index in [2.05, 4.69) is 47.3 Å². The number of benzene rings is 1. The Balaban J connectivity index is 1.88. The Morgan fingerprint density at radius 2 is 2.11 bits per heavy atom. The molecular weight excluding hydrogens is 238 g/mol. The molecule has 98 valence electrons. The average molecular weight is 255 g/mol. The molecule has 4 heteroatoms. The molecule has 1 heterocycles. The SMILES string of the molecule is Cc1ccc(CCNC(=O)c2cnccn2)c(C)c1. The van der Waals surface area contributed by atoms with Gasteiger partial charge in [-0.2, -0.15) is 0 Å². The lowest BCUT2D eigenvalue weighted by Gasteiger charge is -2.08. The third-order valence-corrected chi connectivity index (χ3v) is 2.97. The summed E-state index contributed by atoms with van der Waals surface area (Å²) in [6.07, 6.45) is 5.34. The van der Waals surface area contributed by atoms with E-state index in [0.717, 1.165) is 6.42 Å². The second-order valence-corrected chi connectivity index (χ2v) is 4.53. The summed E-state index contributed by atoms with van der Waals surface area (Å²) in [4.78, 5) is 19.6. The highest BCUT2D eigenvalue weighted by Crippen LogP contribution is 2.10. The first-order chi connectivity index (χ1) is 9.16. The van der Waals surface area contributed by atoms with Crippen LogP contribution in [-0.4, -0.2) is 22.4 Å². The lowest BCUT2D eigenvalue weighted by atomic mass is 10.0. The van der Waals surface area contributed by atoms with E-state index in [0.29, 0.717) is 12.2 Å². The van der Waals surface area contributed by atoms with Gasteiger partial charge in [0.25, 0.3) is 5.91 Å². The van der Waals surface area contributed by atoms with Crippen LogP contribution >= 0.6 is 0 Å². The van der Waals surface area contributed by atoms with Gasteiger partial charge >= 0.3 is 0 Å². The number of carbonyl (C=O) groups is 1. The molecule has 0 unspecified atom stereocenters. The molecule has 0 saturated heterocycles. The first kappa shape index (κ1) is 13.2. The zero-order valence-electron chi connectivity index (χ0n) is 11.2. The Kier molecular flexibility index (Phi) is 4.23. The van der Waals surface area contributed by atoms with Crippen LogP contribution in [0.3, 0.4) is 0 Å². The van der Waals surface area contributed by atoms with Crippen molar-refractivity contribution in [3.63, 3.8) is 0 Å². The van der Waals surface area contributed by atoms with Crippen LogP contribution in [0, 0.1) is 13.8 Å². The van der Waals surface area contributed by atoms with E-state index in [-0.39, 0.29) is 5.91 Å². The van der Waals surface area contributed by atoms with E-state index < -0.39 is 0 Å². The van der Waals surface area contributed by atoms with Crippen molar-refractivity contribution in [3.8, 4) is 0 Å². The third kappa shape index (κ3) is 3.61. The molecule has 2 rings (SSSR count). The summed E-state index contributed by atoms with van der Waals surface area (Å²) in [5.41, 5.74) is 4.12. The summed E-state index contributed by atoms with van der Waals surface area (Å²) >= 11 is 0. The van der Waals surface area contributed by atoms with Gasteiger partial charge in [-0.1, -0.05) is 23.8 Å². The van der Waals surface area contributed by atoms with Crippen molar-refractivity contribution < 1.29 is 4.79 Å². The molecule has 2 aromatic rings. The van der Waals surface area contributed by atoms with Gasteiger partial charge in [0, 0.05) is 18.9 Å². The minimum Gasteiger partial charge on any atom is -0.350 e. The standard InChI is InChI=1S/C15H17N3O/c1-11-3-4-13(12(2)9-11)5-6-18-15(19)14-10-16-7-8-17-14/h3-4,7-10H,5-6H2,1-2H3,(H,18,19). The molecule has 0 aliphatic carbocycles. The van der Waals surface area contributed by atoms with Gasteiger partial charge < -0.3 is 5.32 Å². The van der Waals surface area contributed by atoms with Gasteiger partial charge in [-0.25, -0.2) is 4.98 Å². The molecule has 0 aliphatic rings. The molecule has 1 aromatic carbocycles. The summed E-state index contributed by atoms with van der Waals surface area (Å²) < 4.78 is 0. The number of carbonyl (C=O) groups excluding carboxylic acids is 1. The molecule has 0 bridgehead atoms. The molecule has 19 heavy (non-hydrogen) atoms. The normalized spacial score (nSPS) is 10.2. The quantitative estimate of drug-likeness (QED) is 0.910. The summed E-state index contributed by atoms with van der Waals surface area (Å²) in [6, 6.07) is 6.35. The minimum absolute atomic E-state index is 0.183. The highest BCUT2D eigenvalue weighted by molar-refractivity contribution is 5.91. The van der Waals surface area contributed by atoms with Crippen LogP contribution in [0.2, 0.25) is 0 Å². The monoisotopic (exact) mass is 255 g/mol. The number of hydrogen-bond donors (Lipinski definition) is 1. The molecule has 0 atom stereocenters. The van der Waals surface area contributed by atoms with Crippen molar-refractivity contribution in [1.29, 1.82) is 0 Å². The molecule has 1 N–H and O–H groups in total. The number of aryl methyl sites for hydroxylation is 2. The predicted molar refractivity (Wildman–Crippen MR) is 74.0 cm³/mol. The first-order valence-corrected chi connectivity index (χ1v) is 6.27. The summed E-state index contributed by atoms with van der Waals surface area (Å²) in [7, 11) is 0. The van der Waals surface area contributed by atoms with Gasteiger partial charge in [0.15, 0.2) is 0 Å². The first-order valence-electron chi connectivity index (χ1n) is 6.27. The molecule has 0 aliphatic heterocycles. The molecule has 0 radical (unpaired) electrons. The Hall–Kier alpha value is -2.23. The van der Waals surface area contributed by atoms with Gasteiger partial charge in [0.2, 0.25) is 0 Å². The maximum Gasteiger partial charge on any atom is 0.271 e. The largest absolute Gasteiger partial charge is 0.350 e. The zero-order chi connectivity index (χ0) is 13.7. The molecule has 1 amide bonds. The van der Waals surface area contributed by atoms with E-state index in [9.17, 15) is 4.79 Å². The Morgan fingerprint density at radius 3 is 2.79 bits per heavy atom. The van der Waals surface area contributed by atoms with Gasteiger partial charge in [0.05, 0.1) is 6.20 Å². The fourth-order valence-electron chi connectivity index (χ4n) is 1.94. The summed E-state index contributed by atoms with van der Waals surface area (Å²) in [6.45, 7) is 4.76. The topological polar surface area (TPSA) is 54.9 Å². The molecule has 1 aromatic heterocycles. The molecule has 4 nitrogen and oxygen atoms in total. The van der Waals surface area contributed by atoms with E-state index in [1.54, 1.807) is 6.20 Å². The Morgan fingerprint density at radius 1 is 1.26 bits per heavy atom. The van der Waals surface area contributed by atoms with Crippen molar-refractivity contribution in [1.82, 2.24) is 15.3 Å². The van der Waals surface area contributed by atoms with Crippen molar-refractivity contribution in [3.05, 3.63) is 59.2 Å². The van der Waals surface area contributed by atoms with Gasteiger partial charge in [-0.3, -0.25) is 9.78 Å². The van der Waals surface area contributed by atoms with Crippen LogP contribution in [0.25, 0.3) is 0 Å². The van der Waals surface area contributed by atoms with E-state index >= 15 is 0 Å². The molecular formula is C15H17N3O. The van der Waals surface area contributed by atoms with Crippen molar-refractivity contribution in [2.75, 3.05) is 6.54 Å². The lowest BCUT2D eigenvalue weighted by molar-refractivity contribution is 0.0948. The fourth-order valence-corrected chi connectivity index (χ4v) is 1.94. The third-order valence-electron chi connectivity index (χ3n) is 2.97. The van der Waals surface area contributed by atoms with Gasteiger partial charge in [0.1, 0.15) is 5.69 Å². The van der Waals surface area contributed by atoms with Crippen molar-refractivity contribution in [2.45, 2.75) is 20.3 Å². The van der Waals surface area contributed by atoms with Crippen LogP contribution in [-0.2, 0) is 6.42 Å². The Labute approximate surface area is 112 Å². The van der Waals surface area contributed by atoms with Crippen LogP contribution in [0.1, 0.15) is 27.2 Å². The number of aromatic nitrogens is 2. The predicted octanol–water partition coefficient (Wildman–Crippen LogP) is 2.07. The summed E-state index contributed by atoms with van der Waals surface area (Å²) in [5.74, 6) is -0.183. The molecule has 0 spiro atoms. The van der Waals surface area contributed by atoms with E-state index in [1.807, 2.05) is 0 Å². The molecule has 0 fully saturated rings. The van der Waals surface area contributed by atoms with Crippen molar-refractivity contribution >= 4 is 5.91 Å². The number of amides is 1. The molecule has 0 saturated carbocycles. The number of nitrogens with one attached hydrogen (secondary N) is 1. The second-order valence-electron chi connectivity index (χ2n) is 4.53. The lowest BCUT2D eigenvalue weighted by Crippen LogP contribution is -2.26. The van der Waals surface area contributed by atoms with E-state index in [1.165, 1.54) is 29.1 Å². The number of nitrogens with zero attached hydrogens (tertiary/aromatic N) is 2. The maximum absolute atomic E-state index is 11.8. The maximum atomic E-state index is 11.8. The minimum atomic E-state index is -0.183. The van der Waals surface area contributed by atoms with Gasteiger partial charge in [-0.15, -0.1) is 0 Å². The van der Waals surface area contributed by atoms with Crippen molar-refractivity contribution in [2.24, 2.45) is 0 Å². The summed E-state index contributed by atoms with van der Waals surface area (Å²) in [5, 5.41) is 2.85. The Bertz CT molecular complexity index is 567. The van der Waals surface area contributed by atoms with Crippen LogP contribution in [0.4, 0.5) is 0 Å². The highest BCUT2D eigenvalue weighted by atomic mass is 16.1. The van der Waals surface area contributed by atoms with Crippen LogP contribution < -0.4 is 5.32 Å². The van der Waals surface area contributed by atoms with E-state index in [4.69, 9.17) is 0 Å². The van der Waals surface area contributed by atoms with Crippen LogP contribution in [0.15, 0.2) is 36.8 Å². The number of hydrogen-bond acceptors (Lipinski definition) is 3. The fraction of sp³-hybridized carbons (Fsp3) is 0.267. The average Bonchev–Trinajstić information content (AvgIpc) is 2.42. The zero-order valence-corrected chi connectivity index (χ0v) is 11.2. The smallest absolute Gasteiger partial charge is 0.271 e. The van der Waals surface area contributed by atoms with Crippen LogP contribution in [0.5, 0.6) is 0 Å². The second kappa shape index (κ2) is 6.09. The highest BCUT2D eigenvalue weighted by Gasteiger charge is 2.06. The number of rotatable bonds is 4. The van der Waals surface area contributed by atoms with Gasteiger partial charge in [-0.05, 0) is 31.4 Å².